The lowest BCUT2D eigenvalue weighted by molar-refractivity contribution is -0.116. The lowest BCUT2D eigenvalue weighted by Crippen LogP contribution is -2.24. The molecule has 2 amide bonds. The quantitative estimate of drug-likeness (QED) is 0.694. The molecule has 2 rings (SSSR count). The van der Waals surface area contributed by atoms with E-state index in [9.17, 15) is 9.59 Å². The molecule has 0 atom stereocenters. The highest BCUT2D eigenvalue weighted by molar-refractivity contribution is 5.94. The molecule has 0 aliphatic heterocycles. The van der Waals surface area contributed by atoms with Crippen molar-refractivity contribution < 1.29 is 9.59 Å². The number of benzene rings is 1. The molecule has 126 valence electrons. The molecule has 5 nitrogen and oxygen atoms in total. The molecule has 0 radical (unpaired) electrons. The number of carbonyl (C=O) groups excluding carboxylic acids is 2. The molecule has 0 aliphatic carbocycles. The van der Waals surface area contributed by atoms with Crippen LogP contribution in [0.15, 0.2) is 54.9 Å². The molecule has 1 aromatic heterocycles. The zero-order valence-corrected chi connectivity index (χ0v) is 13.7. The molecule has 5 heteroatoms. The number of nitrogens with one attached hydrogen (secondary N) is 2. The van der Waals surface area contributed by atoms with E-state index >= 15 is 0 Å². The summed E-state index contributed by atoms with van der Waals surface area (Å²) in [7, 11) is 0. The summed E-state index contributed by atoms with van der Waals surface area (Å²) in [5, 5.41) is 5.75. The van der Waals surface area contributed by atoms with E-state index in [1.807, 2.05) is 18.2 Å². The maximum Gasteiger partial charge on any atom is 0.251 e. The minimum atomic E-state index is -0.0349. The van der Waals surface area contributed by atoms with Gasteiger partial charge >= 0.3 is 0 Å². The fourth-order valence-electron chi connectivity index (χ4n) is 2.32. The van der Waals surface area contributed by atoms with Crippen LogP contribution in [0.1, 0.15) is 42.5 Å². The second-order valence-corrected chi connectivity index (χ2v) is 5.57. The largest absolute Gasteiger partial charge is 0.352 e. The molecule has 24 heavy (non-hydrogen) atoms. The first-order chi connectivity index (χ1) is 11.8. The topological polar surface area (TPSA) is 71.1 Å². The van der Waals surface area contributed by atoms with Gasteiger partial charge in [-0.05, 0) is 37.1 Å². The van der Waals surface area contributed by atoms with Gasteiger partial charge in [0.25, 0.3) is 5.91 Å². The maximum atomic E-state index is 11.8. The van der Waals surface area contributed by atoms with Crippen LogP contribution in [0.4, 0.5) is 5.69 Å². The molecule has 2 aromatic rings. The van der Waals surface area contributed by atoms with E-state index in [0.29, 0.717) is 18.5 Å². The Kier molecular flexibility index (Phi) is 7.47. The van der Waals surface area contributed by atoms with Crippen LogP contribution < -0.4 is 10.6 Å². The zero-order chi connectivity index (χ0) is 17.0. The monoisotopic (exact) mass is 325 g/mol. The molecule has 1 aromatic carbocycles. The van der Waals surface area contributed by atoms with Gasteiger partial charge in [0.1, 0.15) is 0 Å². The van der Waals surface area contributed by atoms with Crippen LogP contribution in [0.5, 0.6) is 0 Å². The second kappa shape index (κ2) is 10.2. The maximum absolute atomic E-state index is 11.8. The van der Waals surface area contributed by atoms with Gasteiger partial charge in [0, 0.05) is 36.6 Å². The van der Waals surface area contributed by atoms with Crippen molar-refractivity contribution in [2.45, 2.75) is 32.1 Å². The lowest BCUT2D eigenvalue weighted by atomic mass is 10.1. The van der Waals surface area contributed by atoms with Gasteiger partial charge in [-0.1, -0.05) is 31.0 Å². The summed E-state index contributed by atoms with van der Waals surface area (Å²) in [6, 6.07) is 12.7. The third kappa shape index (κ3) is 6.60. The number of aromatic nitrogens is 1. The summed E-state index contributed by atoms with van der Waals surface area (Å²) in [6.07, 6.45) is 7.56. The molecule has 0 fully saturated rings. The van der Waals surface area contributed by atoms with Crippen LogP contribution in [0, 0.1) is 0 Å². The average molecular weight is 325 g/mol. The Morgan fingerprint density at radius 2 is 1.58 bits per heavy atom. The van der Waals surface area contributed by atoms with Crippen LogP contribution in [0.2, 0.25) is 0 Å². The van der Waals surface area contributed by atoms with Gasteiger partial charge in [-0.15, -0.1) is 0 Å². The fraction of sp³-hybridized carbons (Fsp3) is 0.316. The van der Waals surface area contributed by atoms with Crippen molar-refractivity contribution in [1.82, 2.24) is 10.3 Å². The highest BCUT2D eigenvalue weighted by atomic mass is 16.2. The molecule has 0 bridgehead atoms. The molecule has 0 saturated carbocycles. The third-order valence-electron chi connectivity index (χ3n) is 3.62. The number of unbranched alkanes of at least 4 members (excludes halogenated alkanes) is 3. The highest BCUT2D eigenvalue weighted by Gasteiger charge is 2.04. The Morgan fingerprint density at radius 1 is 0.875 bits per heavy atom. The normalized spacial score (nSPS) is 10.2. The number of hydrogen-bond acceptors (Lipinski definition) is 3. The van der Waals surface area contributed by atoms with Crippen molar-refractivity contribution in [3.8, 4) is 0 Å². The number of rotatable bonds is 9. The van der Waals surface area contributed by atoms with Crippen molar-refractivity contribution in [2.75, 3.05) is 11.9 Å². The Hall–Kier alpha value is -2.69. The van der Waals surface area contributed by atoms with Gasteiger partial charge in [0.15, 0.2) is 0 Å². The first-order valence-electron chi connectivity index (χ1n) is 8.29. The van der Waals surface area contributed by atoms with Crippen molar-refractivity contribution in [3.05, 3.63) is 60.4 Å². The zero-order valence-electron chi connectivity index (χ0n) is 13.7. The van der Waals surface area contributed by atoms with E-state index < -0.39 is 0 Å². The SMILES string of the molecule is O=C(CCCCCCNC(=O)c1ccccc1)Nc1ccncc1. The molecular formula is C19H23N3O2. The van der Waals surface area contributed by atoms with Gasteiger partial charge < -0.3 is 10.6 Å². The van der Waals surface area contributed by atoms with Crippen molar-refractivity contribution in [3.63, 3.8) is 0 Å². The van der Waals surface area contributed by atoms with E-state index in [2.05, 4.69) is 15.6 Å². The van der Waals surface area contributed by atoms with Gasteiger partial charge in [-0.2, -0.15) is 0 Å². The highest BCUT2D eigenvalue weighted by Crippen LogP contribution is 2.07. The molecule has 2 N–H and O–H groups in total. The Morgan fingerprint density at radius 3 is 2.33 bits per heavy atom. The minimum Gasteiger partial charge on any atom is -0.352 e. The fourth-order valence-corrected chi connectivity index (χ4v) is 2.32. The van der Waals surface area contributed by atoms with E-state index in [0.717, 1.165) is 31.4 Å². The number of carbonyl (C=O) groups is 2. The van der Waals surface area contributed by atoms with Crippen molar-refractivity contribution in [2.24, 2.45) is 0 Å². The van der Waals surface area contributed by atoms with Gasteiger partial charge in [-0.25, -0.2) is 0 Å². The first kappa shape index (κ1) is 17.7. The predicted molar refractivity (Wildman–Crippen MR) is 94.7 cm³/mol. The van der Waals surface area contributed by atoms with Crippen LogP contribution >= 0.6 is 0 Å². The number of amides is 2. The number of pyridine rings is 1. The second-order valence-electron chi connectivity index (χ2n) is 5.57. The van der Waals surface area contributed by atoms with E-state index in [4.69, 9.17) is 0 Å². The molecule has 1 heterocycles. The van der Waals surface area contributed by atoms with Gasteiger partial charge in [-0.3, -0.25) is 14.6 Å². The summed E-state index contributed by atoms with van der Waals surface area (Å²) in [6.45, 7) is 0.664. The predicted octanol–water partition coefficient (Wildman–Crippen LogP) is 3.40. The van der Waals surface area contributed by atoms with Crippen LogP contribution in [0.25, 0.3) is 0 Å². The summed E-state index contributed by atoms with van der Waals surface area (Å²) in [5.41, 5.74) is 1.46. The first-order valence-corrected chi connectivity index (χ1v) is 8.29. The Bertz CT molecular complexity index is 630. The molecule has 0 spiro atoms. The van der Waals surface area contributed by atoms with Crippen LogP contribution in [-0.2, 0) is 4.79 Å². The van der Waals surface area contributed by atoms with E-state index in [1.165, 1.54) is 0 Å². The molecular weight excluding hydrogens is 302 g/mol. The Labute approximate surface area is 142 Å². The Balaban J connectivity index is 1.49. The lowest BCUT2D eigenvalue weighted by Gasteiger charge is -2.06. The average Bonchev–Trinajstić information content (AvgIpc) is 2.62. The van der Waals surface area contributed by atoms with E-state index in [-0.39, 0.29) is 11.8 Å². The molecule has 0 aliphatic rings. The summed E-state index contributed by atoms with van der Waals surface area (Å²) in [5.74, 6) is -0.00842. The smallest absolute Gasteiger partial charge is 0.251 e. The van der Waals surface area contributed by atoms with Gasteiger partial charge in [0.05, 0.1) is 0 Å². The van der Waals surface area contributed by atoms with Crippen LogP contribution in [-0.4, -0.2) is 23.3 Å². The van der Waals surface area contributed by atoms with Crippen molar-refractivity contribution >= 4 is 17.5 Å². The standard InChI is InChI=1S/C19H23N3O2/c23-18(22-17-11-14-20-15-12-17)10-6-1-2-7-13-21-19(24)16-8-4-3-5-9-16/h3-5,8-9,11-12,14-15H,1-2,6-7,10,13H2,(H,21,24)(H,20,22,23). The summed E-state index contributed by atoms with van der Waals surface area (Å²) in [4.78, 5) is 27.5. The van der Waals surface area contributed by atoms with E-state index in [1.54, 1.807) is 36.7 Å². The van der Waals surface area contributed by atoms with Gasteiger partial charge in [0.2, 0.25) is 5.91 Å². The van der Waals surface area contributed by atoms with Crippen molar-refractivity contribution in [1.29, 1.82) is 0 Å². The third-order valence-corrected chi connectivity index (χ3v) is 3.62. The summed E-state index contributed by atoms with van der Waals surface area (Å²) >= 11 is 0. The van der Waals surface area contributed by atoms with Crippen LogP contribution in [0.3, 0.4) is 0 Å². The number of anilines is 1. The molecule has 0 saturated heterocycles. The number of hydrogen-bond donors (Lipinski definition) is 2. The number of nitrogens with zero attached hydrogens (tertiary/aromatic N) is 1. The molecule has 0 unspecified atom stereocenters. The minimum absolute atomic E-state index is 0.0265. The summed E-state index contributed by atoms with van der Waals surface area (Å²) < 4.78 is 0.